The molecule has 3 aromatic rings. The van der Waals surface area contributed by atoms with Gasteiger partial charge in [-0.05, 0) is 18.6 Å². The van der Waals surface area contributed by atoms with E-state index in [0.717, 1.165) is 10.1 Å². The molecule has 0 saturated heterocycles. The number of ether oxygens (including phenoxy) is 1. The second kappa shape index (κ2) is 3.80. The average molecular weight is 260 g/mol. The molecule has 2 heterocycles. The number of nitrogens with zero attached hydrogens (tertiary/aromatic N) is 3. The number of hydrogen-bond donors (Lipinski definition) is 2. The van der Waals surface area contributed by atoms with Crippen molar-refractivity contribution in [3.63, 3.8) is 0 Å². The highest BCUT2D eigenvalue weighted by atomic mass is 16.7. The van der Waals surface area contributed by atoms with E-state index in [1.165, 1.54) is 0 Å². The predicted molar refractivity (Wildman–Crippen MR) is 64.5 cm³/mol. The van der Waals surface area contributed by atoms with E-state index in [4.69, 9.17) is 5.11 Å². The van der Waals surface area contributed by atoms with Crippen molar-refractivity contribution in [2.75, 3.05) is 0 Å². The summed E-state index contributed by atoms with van der Waals surface area (Å²) in [6.45, 7) is 1.85. The summed E-state index contributed by atoms with van der Waals surface area (Å²) in [5.41, 5.74) is 1.23. The van der Waals surface area contributed by atoms with Crippen LogP contribution in [0.15, 0.2) is 23.0 Å². The van der Waals surface area contributed by atoms with E-state index >= 15 is 0 Å². The largest absolute Gasteiger partial charge is 0.513 e. The molecule has 2 aromatic heterocycles. The Kier molecular flexibility index (Phi) is 2.24. The number of benzene rings is 1. The molecule has 0 aliphatic carbocycles. The van der Waals surface area contributed by atoms with E-state index in [0.29, 0.717) is 10.9 Å². The number of hydrogen-bond acceptors (Lipinski definition) is 5. The first kappa shape index (κ1) is 11.2. The van der Waals surface area contributed by atoms with Crippen molar-refractivity contribution in [3.05, 3.63) is 34.2 Å². The number of fused-ring (bicyclic) bond motifs is 3. The molecule has 2 N–H and O–H groups in total. The maximum Gasteiger partial charge on any atom is 0.513 e. The number of aryl methyl sites for hydroxylation is 1. The van der Waals surface area contributed by atoms with E-state index in [2.05, 4.69) is 19.8 Å². The molecule has 0 aliphatic heterocycles. The maximum atomic E-state index is 11.8. The van der Waals surface area contributed by atoms with Crippen molar-refractivity contribution in [3.8, 4) is 6.01 Å². The Hall–Kier alpha value is -2.90. The smallest absolute Gasteiger partial charge is 0.449 e. The van der Waals surface area contributed by atoms with Gasteiger partial charge in [0.2, 0.25) is 0 Å². The van der Waals surface area contributed by atoms with Gasteiger partial charge in [-0.2, -0.15) is 9.50 Å². The number of carboxylic acid groups (broad SMARTS) is 1. The van der Waals surface area contributed by atoms with E-state index in [9.17, 15) is 9.59 Å². The molecule has 0 radical (unpaired) electrons. The predicted octanol–water partition coefficient (Wildman–Crippen LogP) is 0.936. The lowest BCUT2D eigenvalue weighted by Gasteiger charge is -2.01. The summed E-state index contributed by atoms with van der Waals surface area (Å²) in [7, 11) is 0. The summed E-state index contributed by atoms with van der Waals surface area (Å²) in [5, 5.41) is 12.9. The highest BCUT2D eigenvalue weighted by Crippen LogP contribution is 2.20. The van der Waals surface area contributed by atoms with Crippen LogP contribution in [0.1, 0.15) is 5.56 Å². The van der Waals surface area contributed by atoms with Crippen LogP contribution in [0.2, 0.25) is 0 Å². The molecule has 1 aromatic carbocycles. The zero-order valence-corrected chi connectivity index (χ0v) is 9.75. The fourth-order valence-corrected chi connectivity index (χ4v) is 1.95. The normalized spacial score (nSPS) is 11.0. The van der Waals surface area contributed by atoms with Gasteiger partial charge >= 0.3 is 17.9 Å². The number of rotatable bonds is 1. The Morgan fingerprint density at radius 2 is 2.26 bits per heavy atom. The molecular weight excluding hydrogens is 252 g/mol. The van der Waals surface area contributed by atoms with Crippen molar-refractivity contribution < 1.29 is 14.6 Å². The fraction of sp³-hybridized carbons (Fsp3) is 0.0909. The maximum absolute atomic E-state index is 11.8. The molecule has 0 fully saturated rings. The highest BCUT2D eigenvalue weighted by Gasteiger charge is 2.14. The van der Waals surface area contributed by atoms with Crippen LogP contribution in [0.3, 0.4) is 0 Å². The van der Waals surface area contributed by atoms with Crippen molar-refractivity contribution in [1.82, 2.24) is 19.6 Å². The molecule has 96 valence electrons. The molecule has 8 heteroatoms. The van der Waals surface area contributed by atoms with E-state index < -0.39 is 11.8 Å². The molecule has 0 bridgehead atoms. The number of aromatic amines is 1. The quantitative estimate of drug-likeness (QED) is 0.630. The molecule has 0 spiro atoms. The number of carbonyl (C=O) groups is 1. The first-order valence-corrected chi connectivity index (χ1v) is 5.35. The minimum Gasteiger partial charge on any atom is -0.449 e. The van der Waals surface area contributed by atoms with Gasteiger partial charge in [0.25, 0.3) is 0 Å². The van der Waals surface area contributed by atoms with Crippen molar-refractivity contribution in [2.24, 2.45) is 0 Å². The van der Waals surface area contributed by atoms with Gasteiger partial charge in [-0.15, -0.1) is 5.10 Å². The summed E-state index contributed by atoms with van der Waals surface area (Å²) in [4.78, 5) is 28.8. The lowest BCUT2D eigenvalue weighted by Crippen LogP contribution is -2.17. The van der Waals surface area contributed by atoms with Crippen molar-refractivity contribution >= 4 is 22.7 Å². The first-order chi connectivity index (χ1) is 9.06. The first-order valence-electron chi connectivity index (χ1n) is 5.35. The van der Waals surface area contributed by atoms with E-state index in [1.54, 1.807) is 12.1 Å². The third-order valence-corrected chi connectivity index (χ3v) is 2.70. The summed E-state index contributed by atoms with van der Waals surface area (Å²) in [6, 6.07) is 5.01. The molecule has 0 aliphatic rings. The number of H-pyrrole nitrogens is 1. The molecule has 8 nitrogen and oxygen atoms in total. The summed E-state index contributed by atoms with van der Waals surface area (Å²) in [5.74, 6) is 0. The molecule has 3 rings (SSSR count). The molecular formula is C11H8N4O4. The molecule has 19 heavy (non-hydrogen) atoms. The Bertz CT molecular complexity index is 864. The molecule has 0 amide bonds. The fourth-order valence-electron chi connectivity index (χ4n) is 1.95. The van der Waals surface area contributed by atoms with Gasteiger partial charge in [-0.3, -0.25) is 0 Å². The standard InChI is InChI=1S/C11H8N4O4/c1-5-3-2-4-6-7(5)8-13-9(19-11(17)18)14-15(8)10(16)12-6/h2-4H,1H3,(H,12,16)(H,17,18). The van der Waals surface area contributed by atoms with Gasteiger partial charge < -0.3 is 14.8 Å². The Labute approximate surface area is 105 Å². The monoisotopic (exact) mass is 260 g/mol. The van der Waals surface area contributed by atoms with Gasteiger partial charge in [0.1, 0.15) is 0 Å². The summed E-state index contributed by atoms with van der Waals surface area (Å²) < 4.78 is 5.34. The average Bonchev–Trinajstić information content (AvgIpc) is 2.72. The van der Waals surface area contributed by atoms with Crippen LogP contribution in [0.25, 0.3) is 16.6 Å². The minimum absolute atomic E-state index is 0.258. The molecule has 0 unspecified atom stereocenters. The van der Waals surface area contributed by atoms with Crippen LogP contribution < -0.4 is 10.4 Å². The third kappa shape index (κ3) is 1.69. The number of nitrogens with one attached hydrogen (secondary N) is 1. The zero-order valence-electron chi connectivity index (χ0n) is 9.75. The third-order valence-electron chi connectivity index (χ3n) is 2.70. The summed E-state index contributed by atoms with van der Waals surface area (Å²) in [6.07, 6.45) is -1.53. The Balaban J connectivity index is 2.42. The highest BCUT2D eigenvalue weighted by molar-refractivity contribution is 5.93. The van der Waals surface area contributed by atoms with Crippen LogP contribution in [-0.4, -0.2) is 30.8 Å². The molecule has 0 atom stereocenters. The van der Waals surface area contributed by atoms with Gasteiger partial charge in [-0.1, -0.05) is 12.1 Å². The SMILES string of the molecule is Cc1cccc2[nH]c(=O)n3nc(OC(=O)O)nc3c12. The zero-order chi connectivity index (χ0) is 13.6. The van der Waals surface area contributed by atoms with E-state index in [-0.39, 0.29) is 11.7 Å². The lowest BCUT2D eigenvalue weighted by atomic mass is 10.1. The Morgan fingerprint density at radius 1 is 1.47 bits per heavy atom. The van der Waals surface area contributed by atoms with Crippen molar-refractivity contribution in [1.29, 1.82) is 0 Å². The minimum atomic E-state index is -1.53. The topological polar surface area (TPSA) is 110 Å². The van der Waals surface area contributed by atoms with Crippen molar-refractivity contribution in [2.45, 2.75) is 6.92 Å². The number of aromatic nitrogens is 4. The second-order valence-corrected chi connectivity index (χ2v) is 3.93. The van der Waals surface area contributed by atoms with Crippen LogP contribution in [0, 0.1) is 6.92 Å². The van der Waals surface area contributed by atoms with Gasteiger partial charge in [-0.25, -0.2) is 9.59 Å². The second-order valence-electron chi connectivity index (χ2n) is 3.93. The van der Waals surface area contributed by atoms with Crippen LogP contribution in [-0.2, 0) is 0 Å². The van der Waals surface area contributed by atoms with Crippen LogP contribution in [0.4, 0.5) is 4.79 Å². The van der Waals surface area contributed by atoms with Gasteiger partial charge in [0.15, 0.2) is 5.65 Å². The lowest BCUT2D eigenvalue weighted by molar-refractivity contribution is 0.140. The molecule has 0 saturated carbocycles. The van der Waals surface area contributed by atoms with Gasteiger partial charge in [0, 0.05) is 5.39 Å². The van der Waals surface area contributed by atoms with Gasteiger partial charge in [0.05, 0.1) is 5.52 Å². The van der Waals surface area contributed by atoms with Crippen LogP contribution >= 0.6 is 0 Å². The summed E-state index contributed by atoms with van der Waals surface area (Å²) >= 11 is 0. The Morgan fingerprint density at radius 3 is 3.00 bits per heavy atom. The van der Waals surface area contributed by atoms with E-state index in [1.807, 2.05) is 13.0 Å². The van der Waals surface area contributed by atoms with Crippen LogP contribution in [0.5, 0.6) is 6.01 Å².